The van der Waals surface area contributed by atoms with Gasteiger partial charge in [-0.15, -0.1) is 0 Å². The molecule has 0 aliphatic carbocycles. The van der Waals surface area contributed by atoms with E-state index in [9.17, 15) is 10.1 Å². The molecule has 0 bridgehead atoms. The summed E-state index contributed by atoms with van der Waals surface area (Å²) in [5.41, 5.74) is 3.87. The fraction of sp³-hybridized carbons (Fsp3) is 0.462. The van der Waals surface area contributed by atoms with Gasteiger partial charge in [0.25, 0.3) is 0 Å². The molecule has 2 aromatic rings. The number of hydrogen-bond acceptors (Lipinski definition) is 4. The third-order valence-electron chi connectivity index (χ3n) is 5.62. The van der Waals surface area contributed by atoms with Gasteiger partial charge in [0.2, 0.25) is 0 Å². The Morgan fingerprint density at radius 2 is 1.66 bits per heavy atom. The number of alkyl carbamates (subject to hydrolysis) is 1. The standard InChI is InChI=1S/C26H36N2O3Si/c1-25(2,3)31-24(29)28-17-21-12-20(16-27)14-23(15-21)22-11-9-10-19(13-22)18-30-32(7,8)26(4,5)6/h9-15H,17-18H2,1-8H3,(H,28,29). The number of carbonyl (C=O) groups is 1. The lowest BCUT2D eigenvalue weighted by atomic mass is 9.98. The van der Waals surface area contributed by atoms with Crippen LogP contribution in [0.3, 0.4) is 0 Å². The smallest absolute Gasteiger partial charge is 0.407 e. The highest BCUT2D eigenvalue weighted by Crippen LogP contribution is 2.37. The molecule has 0 aliphatic rings. The van der Waals surface area contributed by atoms with E-state index in [0.717, 1.165) is 22.3 Å². The van der Waals surface area contributed by atoms with Crippen molar-refractivity contribution in [2.45, 2.75) is 78.4 Å². The van der Waals surface area contributed by atoms with Gasteiger partial charge in [-0.3, -0.25) is 0 Å². The Kier molecular flexibility index (Phi) is 7.92. The van der Waals surface area contributed by atoms with Crippen molar-refractivity contribution in [3.63, 3.8) is 0 Å². The van der Waals surface area contributed by atoms with Gasteiger partial charge < -0.3 is 14.5 Å². The van der Waals surface area contributed by atoms with Crippen LogP contribution in [-0.4, -0.2) is 20.0 Å². The van der Waals surface area contributed by atoms with E-state index >= 15 is 0 Å². The molecular weight excluding hydrogens is 416 g/mol. The number of rotatable bonds is 6. The third-order valence-corrected chi connectivity index (χ3v) is 10.1. The monoisotopic (exact) mass is 452 g/mol. The van der Waals surface area contributed by atoms with Gasteiger partial charge in [-0.25, -0.2) is 4.79 Å². The predicted molar refractivity (Wildman–Crippen MR) is 132 cm³/mol. The van der Waals surface area contributed by atoms with Gasteiger partial charge in [0.15, 0.2) is 8.32 Å². The summed E-state index contributed by atoms with van der Waals surface area (Å²) in [6, 6.07) is 16.1. The van der Waals surface area contributed by atoms with E-state index < -0.39 is 20.0 Å². The maximum Gasteiger partial charge on any atom is 0.407 e. The Morgan fingerprint density at radius 3 is 2.25 bits per heavy atom. The minimum atomic E-state index is -1.84. The van der Waals surface area contributed by atoms with Crippen LogP contribution in [0, 0.1) is 11.3 Å². The predicted octanol–water partition coefficient (Wildman–Crippen LogP) is 6.77. The molecule has 0 atom stereocenters. The quantitative estimate of drug-likeness (QED) is 0.491. The van der Waals surface area contributed by atoms with Crippen LogP contribution in [0.15, 0.2) is 42.5 Å². The molecule has 172 valence electrons. The number of amides is 1. The molecule has 0 heterocycles. The summed E-state index contributed by atoms with van der Waals surface area (Å²) >= 11 is 0. The molecule has 0 spiro atoms. The second kappa shape index (κ2) is 9.89. The lowest BCUT2D eigenvalue weighted by molar-refractivity contribution is 0.0523. The van der Waals surface area contributed by atoms with Crippen LogP contribution in [-0.2, 0) is 22.3 Å². The van der Waals surface area contributed by atoms with Crippen molar-refractivity contribution in [3.05, 3.63) is 59.2 Å². The van der Waals surface area contributed by atoms with Gasteiger partial charge >= 0.3 is 6.09 Å². The molecule has 0 fully saturated rings. The Morgan fingerprint density at radius 1 is 1.00 bits per heavy atom. The zero-order chi connectivity index (χ0) is 24.2. The summed E-state index contributed by atoms with van der Waals surface area (Å²) in [6.45, 7) is 17.5. The van der Waals surface area contributed by atoms with Crippen LogP contribution in [0.5, 0.6) is 0 Å². The van der Waals surface area contributed by atoms with Gasteiger partial charge in [0.05, 0.1) is 18.2 Å². The fourth-order valence-electron chi connectivity index (χ4n) is 2.83. The van der Waals surface area contributed by atoms with E-state index in [2.05, 4.69) is 57.4 Å². The van der Waals surface area contributed by atoms with E-state index in [-0.39, 0.29) is 11.6 Å². The van der Waals surface area contributed by atoms with Crippen molar-refractivity contribution in [1.29, 1.82) is 5.26 Å². The zero-order valence-electron chi connectivity index (χ0n) is 20.6. The van der Waals surface area contributed by atoms with Crippen LogP contribution in [0.4, 0.5) is 4.79 Å². The van der Waals surface area contributed by atoms with Crippen molar-refractivity contribution in [2.24, 2.45) is 0 Å². The van der Waals surface area contributed by atoms with Crippen LogP contribution in [0.1, 0.15) is 58.2 Å². The Balaban J connectivity index is 2.21. The van der Waals surface area contributed by atoms with Crippen LogP contribution in [0.2, 0.25) is 18.1 Å². The van der Waals surface area contributed by atoms with Crippen molar-refractivity contribution in [1.82, 2.24) is 5.32 Å². The van der Waals surface area contributed by atoms with Crippen molar-refractivity contribution < 1.29 is 14.0 Å². The number of nitrogens with zero attached hydrogens (tertiary/aromatic N) is 1. The number of hydrogen-bond donors (Lipinski definition) is 1. The highest BCUT2D eigenvalue weighted by Gasteiger charge is 2.37. The van der Waals surface area contributed by atoms with Crippen molar-refractivity contribution in [2.75, 3.05) is 0 Å². The Bertz CT molecular complexity index is 995. The molecular formula is C26H36N2O3Si. The zero-order valence-corrected chi connectivity index (χ0v) is 21.6. The molecule has 0 saturated heterocycles. The van der Waals surface area contributed by atoms with E-state index in [1.165, 1.54) is 0 Å². The van der Waals surface area contributed by atoms with Crippen LogP contribution in [0.25, 0.3) is 11.1 Å². The first kappa shape index (κ1) is 25.6. The average Bonchev–Trinajstić information content (AvgIpc) is 2.68. The van der Waals surface area contributed by atoms with Gasteiger partial charge in [-0.2, -0.15) is 5.26 Å². The molecule has 6 heteroatoms. The summed E-state index contributed by atoms with van der Waals surface area (Å²) < 4.78 is 11.7. The van der Waals surface area contributed by atoms with E-state index in [0.29, 0.717) is 12.2 Å². The molecule has 0 unspecified atom stereocenters. The first-order chi connectivity index (χ1) is 14.7. The number of nitrogens with one attached hydrogen (secondary N) is 1. The van der Waals surface area contributed by atoms with Gasteiger partial charge in [-0.1, -0.05) is 39.0 Å². The largest absolute Gasteiger partial charge is 0.444 e. The summed E-state index contributed by atoms with van der Waals surface area (Å²) in [4.78, 5) is 12.0. The number of nitriles is 1. The summed E-state index contributed by atoms with van der Waals surface area (Å²) in [6.07, 6.45) is -0.480. The first-order valence-electron chi connectivity index (χ1n) is 10.9. The molecule has 2 aromatic carbocycles. The molecule has 32 heavy (non-hydrogen) atoms. The summed E-state index contributed by atoms with van der Waals surface area (Å²) in [5, 5.41) is 12.4. The highest BCUT2D eigenvalue weighted by atomic mass is 28.4. The second-order valence-electron chi connectivity index (χ2n) is 10.6. The minimum absolute atomic E-state index is 0.155. The second-order valence-corrected chi connectivity index (χ2v) is 15.4. The minimum Gasteiger partial charge on any atom is -0.444 e. The molecule has 0 radical (unpaired) electrons. The normalized spacial score (nSPS) is 12.2. The van der Waals surface area contributed by atoms with Crippen LogP contribution >= 0.6 is 0 Å². The lowest BCUT2D eigenvalue weighted by Gasteiger charge is -2.36. The number of benzene rings is 2. The third kappa shape index (κ3) is 7.51. The number of carbonyl (C=O) groups excluding carboxylic acids is 1. The van der Waals surface area contributed by atoms with Crippen molar-refractivity contribution in [3.8, 4) is 17.2 Å². The summed E-state index contributed by atoms with van der Waals surface area (Å²) in [5.74, 6) is 0. The fourth-order valence-corrected chi connectivity index (χ4v) is 3.80. The molecule has 1 amide bonds. The van der Waals surface area contributed by atoms with Gasteiger partial charge in [-0.05, 0) is 85.4 Å². The van der Waals surface area contributed by atoms with Crippen molar-refractivity contribution >= 4 is 14.4 Å². The molecule has 0 saturated carbocycles. The lowest BCUT2D eigenvalue weighted by Crippen LogP contribution is -2.40. The van der Waals surface area contributed by atoms with Crippen LogP contribution < -0.4 is 5.32 Å². The van der Waals surface area contributed by atoms with Gasteiger partial charge in [0.1, 0.15) is 5.60 Å². The Hall–Kier alpha value is -2.62. The molecule has 0 aromatic heterocycles. The highest BCUT2D eigenvalue weighted by molar-refractivity contribution is 6.74. The molecule has 5 nitrogen and oxygen atoms in total. The van der Waals surface area contributed by atoms with E-state index in [4.69, 9.17) is 9.16 Å². The SMILES string of the molecule is CC(C)(C)OC(=O)NCc1cc(C#N)cc(-c2cccc(CO[Si](C)(C)C(C)(C)C)c2)c1. The van der Waals surface area contributed by atoms with Gasteiger partial charge in [0, 0.05) is 6.54 Å². The average molecular weight is 453 g/mol. The van der Waals surface area contributed by atoms with E-state index in [1.54, 1.807) is 6.07 Å². The summed E-state index contributed by atoms with van der Waals surface area (Å²) in [7, 11) is -1.84. The molecule has 0 aliphatic heterocycles. The van der Waals surface area contributed by atoms with E-state index in [1.807, 2.05) is 45.0 Å². The maximum atomic E-state index is 12.0. The molecule has 1 N–H and O–H groups in total. The topological polar surface area (TPSA) is 71.3 Å². The maximum absolute atomic E-state index is 12.0. The molecule has 2 rings (SSSR count). The first-order valence-corrected chi connectivity index (χ1v) is 13.9. The Labute approximate surface area is 193 Å². The number of ether oxygens (including phenoxy) is 1.